The number of thiophene rings is 1. The lowest BCUT2D eigenvalue weighted by Gasteiger charge is -2.18. The number of anilines is 2. The number of carbonyl (C=O) groups is 2. The van der Waals surface area contributed by atoms with Crippen LogP contribution >= 0.6 is 22.9 Å². The molecule has 7 heteroatoms. The van der Waals surface area contributed by atoms with Gasteiger partial charge in [0.15, 0.2) is 6.61 Å². The molecule has 0 aliphatic carbocycles. The van der Waals surface area contributed by atoms with Crippen LogP contribution in [0.15, 0.2) is 48.5 Å². The van der Waals surface area contributed by atoms with E-state index in [-0.39, 0.29) is 18.4 Å². The quantitative estimate of drug-likeness (QED) is 0.651. The van der Waals surface area contributed by atoms with Crippen molar-refractivity contribution in [1.29, 1.82) is 0 Å². The molecule has 1 aliphatic heterocycles. The van der Waals surface area contributed by atoms with Crippen LogP contribution in [0.4, 0.5) is 11.4 Å². The van der Waals surface area contributed by atoms with E-state index in [4.69, 9.17) is 16.3 Å². The zero-order chi connectivity index (χ0) is 18.1. The Labute approximate surface area is 158 Å². The molecule has 26 heavy (non-hydrogen) atoms. The van der Waals surface area contributed by atoms with Crippen molar-refractivity contribution >= 4 is 62.3 Å². The first-order valence-corrected chi connectivity index (χ1v) is 9.02. The predicted octanol–water partition coefficient (Wildman–Crippen LogP) is 4.54. The van der Waals surface area contributed by atoms with Crippen LogP contribution in [0.1, 0.15) is 4.88 Å². The number of ether oxygens (including phenoxy) is 1. The Morgan fingerprint density at radius 1 is 1.27 bits per heavy atom. The molecule has 0 saturated heterocycles. The lowest BCUT2D eigenvalue weighted by atomic mass is 10.2. The Kier molecular flexibility index (Phi) is 4.36. The van der Waals surface area contributed by atoms with E-state index in [1.54, 1.807) is 24.3 Å². The highest BCUT2D eigenvalue weighted by Crippen LogP contribution is 2.36. The number of halogens is 1. The van der Waals surface area contributed by atoms with Gasteiger partial charge in [-0.25, -0.2) is 0 Å². The number of rotatable bonds is 3. The molecule has 0 spiro atoms. The molecule has 2 amide bonds. The highest BCUT2D eigenvalue weighted by Gasteiger charge is 2.16. The van der Waals surface area contributed by atoms with Crippen LogP contribution in [0.3, 0.4) is 0 Å². The summed E-state index contributed by atoms with van der Waals surface area (Å²) in [4.78, 5) is 24.4. The summed E-state index contributed by atoms with van der Waals surface area (Å²) in [6.07, 6.45) is 3.14. The van der Waals surface area contributed by atoms with Gasteiger partial charge in [-0.3, -0.25) is 9.59 Å². The second-order valence-electron chi connectivity index (χ2n) is 5.65. The van der Waals surface area contributed by atoms with Gasteiger partial charge in [-0.05, 0) is 30.3 Å². The Morgan fingerprint density at radius 3 is 2.96 bits per heavy atom. The number of nitrogens with one attached hydrogen (secondary N) is 2. The van der Waals surface area contributed by atoms with Gasteiger partial charge in [0, 0.05) is 26.7 Å². The molecule has 0 radical (unpaired) electrons. The Morgan fingerprint density at radius 2 is 2.12 bits per heavy atom. The number of hydrogen-bond donors (Lipinski definition) is 2. The van der Waals surface area contributed by atoms with Gasteiger partial charge in [0.25, 0.3) is 5.91 Å². The molecule has 1 aliphatic rings. The van der Waals surface area contributed by atoms with Crippen molar-refractivity contribution in [2.75, 3.05) is 17.2 Å². The van der Waals surface area contributed by atoms with Crippen LogP contribution in [-0.4, -0.2) is 18.4 Å². The van der Waals surface area contributed by atoms with E-state index in [0.29, 0.717) is 22.1 Å². The number of hydrogen-bond acceptors (Lipinski definition) is 4. The third-order valence-corrected chi connectivity index (χ3v) is 5.48. The first kappa shape index (κ1) is 16.6. The van der Waals surface area contributed by atoms with Gasteiger partial charge in [-0.1, -0.05) is 29.8 Å². The van der Waals surface area contributed by atoms with E-state index in [0.717, 1.165) is 15.0 Å². The minimum absolute atomic E-state index is 0.00261. The predicted molar refractivity (Wildman–Crippen MR) is 105 cm³/mol. The molecular formula is C19H13ClN2O3S. The molecule has 2 aromatic carbocycles. The van der Waals surface area contributed by atoms with Crippen LogP contribution in [0.2, 0.25) is 5.02 Å². The molecule has 1 aromatic heterocycles. The van der Waals surface area contributed by atoms with Gasteiger partial charge in [0.05, 0.1) is 10.7 Å². The molecule has 0 bridgehead atoms. The smallest absolute Gasteiger partial charge is 0.262 e. The minimum atomic E-state index is -0.290. The van der Waals surface area contributed by atoms with Crippen molar-refractivity contribution in [2.24, 2.45) is 0 Å². The molecular weight excluding hydrogens is 372 g/mol. The maximum Gasteiger partial charge on any atom is 0.262 e. The Balaban J connectivity index is 1.50. The van der Waals surface area contributed by atoms with E-state index < -0.39 is 0 Å². The summed E-state index contributed by atoms with van der Waals surface area (Å²) >= 11 is 7.90. The summed E-state index contributed by atoms with van der Waals surface area (Å²) in [5, 5.41) is 7.08. The zero-order valence-corrected chi connectivity index (χ0v) is 15.0. The normalized spacial score (nSPS) is 13.3. The third-order valence-electron chi connectivity index (χ3n) is 3.83. The second-order valence-corrected chi connectivity index (χ2v) is 7.11. The Bertz CT molecular complexity index is 1060. The second kappa shape index (κ2) is 6.82. The highest BCUT2D eigenvalue weighted by atomic mass is 35.5. The SMILES string of the molecule is O=C(/C=C/c1sc2ccccc2c1Cl)Nc1ccc2c(c1)NC(=O)CO2. The average molecular weight is 385 g/mol. The van der Waals surface area contributed by atoms with Crippen molar-refractivity contribution in [2.45, 2.75) is 0 Å². The van der Waals surface area contributed by atoms with Gasteiger partial charge < -0.3 is 15.4 Å². The van der Waals surface area contributed by atoms with E-state index in [1.807, 2.05) is 24.3 Å². The van der Waals surface area contributed by atoms with Crippen LogP contribution in [0.5, 0.6) is 5.75 Å². The largest absolute Gasteiger partial charge is 0.482 e. The van der Waals surface area contributed by atoms with E-state index in [2.05, 4.69) is 10.6 Å². The van der Waals surface area contributed by atoms with Gasteiger partial charge in [-0.2, -0.15) is 0 Å². The lowest BCUT2D eigenvalue weighted by Crippen LogP contribution is -2.25. The zero-order valence-electron chi connectivity index (χ0n) is 13.4. The molecule has 0 unspecified atom stereocenters. The minimum Gasteiger partial charge on any atom is -0.482 e. The number of carbonyl (C=O) groups excluding carboxylic acids is 2. The van der Waals surface area contributed by atoms with Gasteiger partial charge in [0.1, 0.15) is 5.75 Å². The monoisotopic (exact) mass is 384 g/mol. The molecule has 2 N–H and O–H groups in total. The molecule has 2 heterocycles. The number of benzene rings is 2. The fourth-order valence-corrected chi connectivity index (χ4v) is 4.04. The van der Waals surface area contributed by atoms with Crippen LogP contribution in [0.25, 0.3) is 16.2 Å². The topological polar surface area (TPSA) is 67.4 Å². The summed E-state index contributed by atoms with van der Waals surface area (Å²) in [7, 11) is 0. The van der Waals surface area contributed by atoms with Crippen molar-refractivity contribution in [3.05, 3.63) is 58.4 Å². The maximum atomic E-state index is 12.2. The fraction of sp³-hybridized carbons (Fsp3) is 0.0526. The highest BCUT2D eigenvalue weighted by molar-refractivity contribution is 7.20. The van der Waals surface area contributed by atoms with Crippen molar-refractivity contribution in [3.63, 3.8) is 0 Å². The third kappa shape index (κ3) is 3.29. The van der Waals surface area contributed by atoms with Crippen molar-refractivity contribution < 1.29 is 14.3 Å². The number of fused-ring (bicyclic) bond motifs is 2. The van der Waals surface area contributed by atoms with Gasteiger partial charge in [-0.15, -0.1) is 11.3 Å². The van der Waals surface area contributed by atoms with E-state index in [9.17, 15) is 9.59 Å². The molecule has 0 saturated carbocycles. The standard InChI is InChI=1S/C19H13ClN2O3S/c20-19-12-3-1-2-4-15(12)26-16(19)7-8-17(23)21-11-5-6-14-13(9-11)22-18(24)10-25-14/h1-9H,10H2,(H,21,23)(H,22,24)/b8-7+. The van der Waals surface area contributed by atoms with Gasteiger partial charge in [0.2, 0.25) is 5.91 Å². The molecule has 5 nitrogen and oxygen atoms in total. The molecule has 130 valence electrons. The van der Waals surface area contributed by atoms with Crippen molar-refractivity contribution in [1.82, 2.24) is 0 Å². The first-order valence-electron chi connectivity index (χ1n) is 7.83. The van der Waals surface area contributed by atoms with E-state index >= 15 is 0 Å². The van der Waals surface area contributed by atoms with Gasteiger partial charge >= 0.3 is 0 Å². The summed E-state index contributed by atoms with van der Waals surface area (Å²) in [5.74, 6) is 0.0667. The van der Waals surface area contributed by atoms with E-state index in [1.165, 1.54) is 17.4 Å². The van der Waals surface area contributed by atoms with Crippen LogP contribution < -0.4 is 15.4 Å². The molecule has 4 rings (SSSR count). The summed E-state index contributed by atoms with van der Waals surface area (Å²) in [6, 6.07) is 12.9. The molecule has 0 fully saturated rings. The van der Waals surface area contributed by atoms with Crippen LogP contribution in [0, 0.1) is 0 Å². The maximum absolute atomic E-state index is 12.2. The summed E-state index contributed by atoms with van der Waals surface area (Å²) in [5.41, 5.74) is 1.10. The summed E-state index contributed by atoms with van der Waals surface area (Å²) < 4.78 is 6.36. The fourth-order valence-electron chi connectivity index (χ4n) is 2.64. The first-order chi connectivity index (χ1) is 12.6. The average Bonchev–Trinajstić information content (AvgIpc) is 2.96. The summed E-state index contributed by atoms with van der Waals surface area (Å²) in [6.45, 7) is -0.00261. The molecule has 3 aromatic rings. The number of amides is 2. The Hall–Kier alpha value is -2.83. The molecule has 0 atom stereocenters. The lowest BCUT2D eigenvalue weighted by molar-refractivity contribution is -0.118. The van der Waals surface area contributed by atoms with Crippen molar-refractivity contribution in [3.8, 4) is 5.75 Å². The van der Waals surface area contributed by atoms with Crippen LogP contribution in [-0.2, 0) is 9.59 Å².